The molecule has 6 heteroatoms. The molecule has 1 aliphatic carbocycles. The van der Waals surface area contributed by atoms with Crippen LogP contribution in [0.3, 0.4) is 0 Å². The number of benzene rings is 3. The number of halogens is 1. The number of rotatable bonds is 11. The van der Waals surface area contributed by atoms with Crippen molar-refractivity contribution in [1.82, 2.24) is 4.90 Å². The van der Waals surface area contributed by atoms with Gasteiger partial charge in [0.1, 0.15) is 23.9 Å². The second-order valence-corrected chi connectivity index (χ2v) is 11.5. The fraction of sp³-hybridized carbons (Fsp3) is 0.441. The van der Waals surface area contributed by atoms with Crippen molar-refractivity contribution in [2.24, 2.45) is 5.92 Å². The van der Waals surface area contributed by atoms with E-state index in [4.69, 9.17) is 9.47 Å². The van der Waals surface area contributed by atoms with Crippen LogP contribution in [0.25, 0.3) is 11.1 Å². The molecule has 1 aliphatic heterocycles. The lowest BCUT2D eigenvalue weighted by Gasteiger charge is -2.39. The quantitative estimate of drug-likeness (QED) is 0.266. The number of aliphatic carboxylic acids is 1. The van der Waals surface area contributed by atoms with E-state index < -0.39 is 5.97 Å². The van der Waals surface area contributed by atoms with Crippen LogP contribution >= 0.6 is 0 Å². The summed E-state index contributed by atoms with van der Waals surface area (Å²) in [5.74, 6) is 0.795. The molecule has 0 aromatic heterocycles. The monoisotopic (exact) mass is 545 g/mol. The Kier molecular flexibility index (Phi) is 8.75. The van der Waals surface area contributed by atoms with E-state index in [1.807, 2.05) is 36.4 Å². The van der Waals surface area contributed by atoms with Gasteiger partial charge >= 0.3 is 5.97 Å². The molecule has 40 heavy (non-hydrogen) atoms. The molecule has 0 spiro atoms. The molecule has 2 aliphatic rings. The van der Waals surface area contributed by atoms with Gasteiger partial charge in [0.25, 0.3) is 0 Å². The van der Waals surface area contributed by atoms with E-state index in [-0.39, 0.29) is 18.2 Å². The van der Waals surface area contributed by atoms with Gasteiger partial charge in [0.2, 0.25) is 0 Å². The van der Waals surface area contributed by atoms with Crippen molar-refractivity contribution in [3.8, 4) is 22.6 Å². The summed E-state index contributed by atoms with van der Waals surface area (Å²) in [6.07, 6.45) is 5.87. The lowest BCUT2D eigenvalue weighted by atomic mass is 9.91. The highest BCUT2D eigenvalue weighted by atomic mass is 19.1. The number of likely N-dealkylation sites (tertiary alicyclic amines) is 1. The Morgan fingerprint density at radius 2 is 1.75 bits per heavy atom. The highest BCUT2D eigenvalue weighted by Crippen LogP contribution is 2.45. The first-order chi connectivity index (χ1) is 19.3. The predicted octanol–water partition coefficient (Wildman–Crippen LogP) is 7.81. The van der Waals surface area contributed by atoms with Crippen LogP contribution in [0.15, 0.2) is 60.7 Å². The number of piperidine rings is 1. The molecule has 3 aromatic carbocycles. The van der Waals surface area contributed by atoms with Gasteiger partial charge in [0, 0.05) is 24.2 Å². The minimum Gasteiger partial charge on any atom is -0.497 e. The number of nitrogens with zero attached hydrogens (tertiary/aromatic N) is 1. The SMILES string of the molecule is COc1ccc(F)c(-c2ccc(COc3cccc([C@H](CC(=O)O)C4CC4)c3)cc2CN2C(C)CCC[C@@H]2C)c1. The average Bonchev–Trinajstić information content (AvgIpc) is 3.79. The van der Waals surface area contributed by atoms with Crippen LogP contribution in [0.1, 0.15) is 75.0 Å². The number of hydrogen-bond donors (Lipinski definition) is 1. The van der Waals surface area contributed by atoms with Gasteiger partial charge in [-0.15, -0.1) is 0 Å². The fourth-order valence-corrected chi connectivity index (χ4v) is 6.20. The number of ether oxygens (including phenoxy) is 2. The lowest BCUT2D eigenvalue weighted by molar-refractivity contribution is -0.137. The van der Waals surface area contributed by atoms with Crippen LogP contribution in [-0.4, -0.2) is 35.2 Å². The van der Waals surface area contributed by atoms with Crippen molar-refractivity contribution in [2.75, 3.05) is 7.11 Å². The maximum Gasteiger partial charge on any atom is 0.303 e. The Labute approximate surface area is 236 Å². The molecule has 0 amide bonds. The van der Waals surface area contributed by atoms with Gasteiger partial charge in [-0.3, -0.25) is 9.69 Å². The summed E-state index contributed by atoms with van der Waals surface area (Å²) < 4.78 is 26.7. The molecular formula is C34H40FNO4. The van der Waals surface area contributed by atoms with Gasteiger partial charge in [-0.1, -0.05) is 36.8 Å². The number of carboxylic acid groups (broad SMARTS) is 1. The zero-order valence-electron chi connectivity index (χ0n) is 23.7. The van der Waals surface area contributed by atoms with Gasteiger partial charge in [-0.05, 0) is 104 Å². The second-order valence-electron chi connectivity index (χ2n) is 11.5. The van der Waals surface area contributed by atoms with Crippen LogP contribution in [0.4, 0.5) is 4.39 Å². The third-order valence-corrected chi connectivity index (χ3v) is 8.64. The largest absolute Gasteiger partial charge is 0.497 e. The van der Waals surface area contributed by atoms with E-state index in [2.05, 4.69) is 24.8 Å². The molecule has 1 N–H and O–H groups in total. The Balaban J connectivity index is 1.41. The molecule has 3 atom stereocenters. The van der Waals surface area contributed by atoms with Crippen molar-refractivity contribution in [1.29, 1.82) is 0 Å². The van der Waals surface area contributed by atoms with Crippen molar-refractivity contribution in [2.45, 2.75) is 83.5 Å². The van der Waals surface area contributed by atoms with Crippen molar-refractivity contribution in [3.05, 3.63) is 83.2 Å². The Bertz CT molecular complexity index is 1330. The summed E-state index contributed by atoms with van der Waals surface area (Å²) in [5, 5.41) is 9.41. The minimum atomic E-state index is -0.763. The summed E-state index contributed by atoms with van der Waals surface area (Å²) in [4.78, 5) is 14.0. The molecule has 5 rings (SSSR count). The van der Waals surface area contributed by atoms with Gasteiger partial charge in [-0.2, -0.15) is 0 Å². The smallest absolute Gasteiger partial charge is 0.303 e. The average molecular weight is 546 g/mol. The number of hydrogen-bond acceptors (Lipinski definition) is 4. The summed E-state index contributed by atoms with van der Waals surface area (Å²) in [6, 6.07) is 19.8. The molecule has 0 bridgehead atoms. The van der Waals surface area contributed by atoms with Crippen molar-refractivity contribution >= 4 is 5.97 Å². The molecule has 5 nitrogen and oxygen atoms in total. The molecule has 0 radical (unpaired) electrons. The van der Waals surface area contributed by atoms with Crippen LogP contribution in [0.2, 0.25) is 0 Å². The topological polar surface area (TPSA) is 59.0 Å². The maximum absolute atomic E-state index is 15.1. The summed E-state index contributed by atoms with van der Waals surface area (Å²) >= 11 is 0. The highest BCUT2D eigenvalue weighted by Gasteiger charge is 2.34. The first-order valence-electron chi connectivity index (χ1n) is 14.5. The third kappa shape index (κ3) is 6.67. The van der Waals surface area contributed by atoms with E-state index in [1.165, 1.54) is 12.5 Å². The van der Waals surface area contributed by atoms with Gasteiger partial charge in [0.05, 0.1) is 13.5 Å². The van der Waals surface area contributed by atoms with E-state index in [9.17, 15) is 9.90 Å². The summed E-state index contributed by atoms with van der Waals surface area (Å²) in [6.45, 7) is 5.66. The van der Waals surface area contributed by atoms with E-state index in [0.29, 0.717) is 35.9 Å². The Hall–Kier alpha value is -3.38. The molecule has 1 heterocycles. The Morgan fingerprint density at radius 3 is 2.45 bits per heavy atom. The zero-order valence-corrected chi connectivity index (χ0v) is 23.7. The normalized spacial score (nSPS) is 20.2. The zero-order chi connectivity index (χ0) is 28.2. The summed E-state index contributed by atoms with van der Waals surface area (Å²) in [7, 11) is 1.60. The lowest BCUT2D eigenvalue weighted by Crippen LogP contribution is -2.43. The fourth-order valence-electron chi connectivity index (χ4n) is 6.20. The van der Waals surface area contributed by atoms with E-state index in [1.54, 1.807) is 19.2 Å². The van der Waals surface area contributed by atoms with E-state index in [0.717, 1.165) is 60.2 Å². The van der Waals surface area contributed by atoms with Gasteiger partial charge < -0.3 is 14.6 Å². The van der Waals surface area contributed by atoms with Crippen LogP contribution in [0, 0.1) is 11.7 Å². The van der Waals surface area contributed by atoms with E-state index >= 15 is 4.39 Å². The summed E-state index contributed by atoms with van der Waals surface area (Å²) in [5.41, 5.74) is 4.51. The van der Waals surface area contributed by atoms with Crippen LogP contribution < -0.4 is 9.47 Å². The van der Waals surface area contributed by atoms with Crippen LogP contribution in [-0.2, 0) is 17.9 Å². The number of carbonyl (C=O) groups is 1. The predicted molar refractivity (Wildman–Crippen MR) is 155 cm³/mol. The molecule has 212 valence electrons. The standard InChI is InChI=1S/C34H40FNO4/c1-22-6-4-7-23(2)36(22)20-27-16-24(10-14-30(27)32-18-28(39-3)13-15-33(32)35)21-40-29-9-5-8-26(17-29)31(19-34(37)38)25-11-12-25/h5,8-10,13-18,22-23,25,31H,4,6-7,11-12,19-21H2,1-3H3,(H,37,38)/t22-,23?,31+/m0/s1. The molecule has 1 saturated carbocycles. The third-order valence-electron chi connectivity index (χ3n) is 8.64. The number of carboxylic acids is 1. The van der Waals surface area contributed by atoms with Crippen LogP contribution in [0.5, 0.6) is 11.5 Å². The molecule has 1 saturated heterocycles. The Morgan fingerprint density at radius 1 is 0.975 bits per heavy atom. The molecule has 1 unspecified atom stereocenters. The maximum atomic E-state index is 15.1. The number of methoxy groups -OCH3 is 1. The van der Waals surface area contributed by atoms with Gasteiger partial charge in [-0.25, -0.2) is 4.39 Å². The first-order valence-corrected chi connectivity index (χ1v) is 14.5. The first kappa shape index (κ1) is 28.2. The minimum absolute atomic E-state index is 0.0261. The highest BCUT2D eigenvalue weighted by molar-refractivity contribution is 5.70. The van der Waals surface area contributed by atoms with Gasteiger partial charge in [0.15, 0.2) is 0 Å². The molecule has 2 fully saturated rings. The second kappa shape index (κ2) is 12.4. The van der Waals surface area contributed by atoms with Crippen molar-refractivity contribution < 1.29 is 23.8 Å². The molecule has 3 aromatic rings. The van der Waals surface area contributed by atoms with Crippen molar-refractivity contribution in [3.63, 3.8) is 0 Å². The molecular weight excluding hydrogens is 505 g/mol.